The third kappa shape index (κ3) is 3.55. The highest BCUT2D eigenvalue weighted by atomic mass is 16.4. The van der Waals surface area contributed by atoms with Gasteiger partial charge in [-0.2, -0.15) is 5.26 Å². The Labute approximate surface area is 188 Å². The number of benzene rings is 1. The zero-order chi connectivity index (χ0) is 22.7. The van der Waals surface area contributed by atoms with Gasteiger partial charge in [-0.15, -0.1) is 0 Å². The highest BCUT2D eigenvalue weighted by Gasteiger charge is 2.63. The van der Waals surface area contributed by atoms with E-state index in [0.717, 1.165) is 50.5 Å². The number of fused-ring (bicyclic) bond motifs is 1. The molecule has 2 amide bonds. The van der Waals surface area contributed by atoms with Crippen LogP contribution in [0.1, 0.15) is 62.8 Å². The quantitative estimate of drug-likeness (QED) is 0.669. The fourth-order valence-corrected chi connectivity index (χ4v) is 8.06. The Morgan fingerprint density at radius 3 is 2.28 bits per heavy atom. The van der Waals surface area contributed by atoms with Gasteiger partial charge in [0.2, 0.25) is 5.91 Å². The molecule has 1 aliphatic heterocycles. The number of amides is 2. The zero-order valence-electron chi connectivity index (χ0n) is 18.2. The normalized spacial score (nSPS) is 41.1. The van der Waals surface area contributed by atoms with Crippen molar-refractivity contribution in [1.82, 2.24) is 4.90 Å². The average Bonchev–Trinajstić information content (AvgIpc) is 3.36. The van der Waals surface area contributed by atoms with Crippen LogP contribution in [-0.2, 0) is 4.79 Å². The molecule has 1 aromatic rings. The SMILES string of the molecule is N#C[C@@H]1C[C@@H]2C[C@@H]2N1C(=O)[C@@H](c1ccccc1)C12CC3CC(CC(O)(C3)C1)C2.NC(=O)O. The molecule has 170 valence electrons. The first-order valence-corrected chi connectivity index (χ1v) is 11.7. The van der Waals surface area contributed by atoms with Crippen molar-refractivity contribution in [3.05, 3.63) is 35.9 Å². The monoisotopic (exact) mass is 437 g/mol. The maximum absolute atomic E-state index is 14.1. The van der Waals surface area contributed by atoms with E-state index in [-0.39, 0.29) is 29.3 Å². The molecule has 0 spiro atoms. The summed E-state index contributed by atoms with van der Waals surface area (Å²) in [5.74, 6) is 1.56. The molecule has 7 nitrogen and oxygen atoms in total. The second kappa shape index (κ2) is 7.48. The number of carbonyl (C=O) groups is 2. The van der Waals surface area contributed by atoms with Gasteiger partial charge in [-0.1, -0.05) is 30.3 Å². The first kappa shape index (κ1) is 21.3. The Morgan fingerprint density at radius 1 is 1.09 bits per heavy atom. The second-order valence-electron chi connectivity index (χ2n) is 10.9. The number of hydrogen-bond acceptors (Lipinski definition) is 4. The minimum atomic E-state index is -1.33. The van der Waals surface area contributed by atoms with E-state index in [4.69, 9.17) is 9.90 Å². The molecule has 7 heteroatoms. The molecule has 2 unspecified atom stereocenters. The third-order valence-corrected chi connectivity index (χ3v) is 8.58. The largest absolute Gasteiger partial charge is 0.465 e. The van der Waals surface area contributed by atoms with Gasteiger partial charge in [-0.05, 0) is 80.1 Å². The van der Waals surface area contributed by atoms with Gasteiger partial charge in [0.15, 0.2) is 0 Å². The van der Waals surface area contributed by atoms with Crippen LogP contribution in [0.15, 0.2) is 30.3 Å². The van der Waals surface area contributed by atoms with Crippen molar-refractivity contribution in [2.24, 2.45) is 28.9 Å². The Balaban J connectivity index is 0.000000501. The van der Waals surface area contributed by atoms with Gasteiger partial charge in [-0.3, -0.25) is 4.79 Å². The number of likely N-dealkylation sites (tertiary alicyclic amines) is 1. The standard InChI is InChI=1S/C24H28N2O2.CH3NO2/c25-13-19-7-18-8-20(18)26(19)22(27)21(17-4-2-1-3-5-17)23-9-15-6-16(10-23)12-24(28,11-15)14-23;2-1(3)4/h1-5,15-16,18-21,28H,6-12,14H2;2H2,(H,3,4)/t15?,16?,18-,19+,20+,21-,23?,24?;/m1./s1. The van der Waals surface area contributed by atoms with Crippen LogP contribution < -0.4 is 5.73 Å². The van der Waals surface area contributed by atoms with E-state index in [1.165, 1.54) is 6.42 Å². The molecule has 6 fully saturated rings. The van der Waals surface area contributed by atoms with Crippen molar-refractivity contribution in [3.63, 3.8) is 0 Å². The lowest BCUT2D eigenvalue weighted by Gasteiger charge is -2.62. The van der Waals surface area contributed by atoms with E-state index in [1.54, 1.807) is 0 Å². The predicted octanol–water partition coefficient (Wildman–Crippen LogP) is 3.24. The minimum Gasteiger partial charge on any atom is -0.465 e. The molecule has 6 aliphatic rings. The van der Waals surface area contributed by atoms with Gasteiger partial charge in [-0.25, -0.2) is 4.79 Å². The van der Waals surface area contributed by atoms with Crippen LogP contribution in [-0.4, -0.2) is 44.8 Å². The average molecular weight is 438 g/mol. The minimum absolute atomic E-state index is 0.149. The number of nitrogens with two attached hydrogens (primary N) is 1. The van der Waals surface area contributed by atoms with Crippen molar-refractivity contribution in [2.75, 3.05) is 0 Å². The molecule has 1 heterocycles. The van der Waals surface area contributed by atoms with Crippen molar-refractivity contribution in [1.29, 1.82) is 5.26 Å². The summed E-state index contributed by atoms with van der Waals surface area (Å²) in [6.45, 7) is 0. The summed E-state index contributed by atoms with van der Waals surface area (Å²) in [5.41, 5.74) is 4.38. The van der Waals surface area contributed by atoms with Crippen LogP contribution in [0.3, 0.4) is 0 Å². The van der Waals surface area contributed by atoms with Crippen LogP contribution in [0.25, 0.3) is 0 Å². The summed E-state index contributed by atoms with van der Waals surface area (Å²) in [4.78, 5) is 24.8. The number of nitriles is 1. The molecule has 5 saturated carbocycles. The van der Waals surface area contributed by atoms with Gasteiger partial charge in [0.25, 0.3) is 0 Å². The molecule has 4 bridgehead atoms. The number of aliphatic hydroxyl groups is 1. The van der Waals surface area contributed by atoms with Crippen LogP contribution in [0, 0.1) is 34.5 Å². The first-order chi connectivity index (χ1) is 15.2. The van der Waals surface area contributed by atoms with Crippen LogP contribution in [0.5, 0.6) is 0 Å². The Kier molecular flexibility index (Phi) is 4.97. The molecule has 0 aromatic heterocycles. The lowest BCUT2D eigenvalue weighted by molar-refractivity contribution is -0.178. The molecule has 4 N–H and O–H groups in total. The summed E-state index contributed by atoms with van der Waals surface area (Å²) in [6, 6.07) is 12.6. The van der Waals surface area contributed by atoms with E-state index >= 15 is 0 Å². The van der Waals surface area contributed by atoms with E-state index in [1.807, 2.05) is 23.1 Å². The van der Waals surface area contributed by atoms with E-state index in [2.05, 4.69) is 23.9 Å². The lowest BCUT2D eigenvalue weighted by Crippen LogP contribution is -2.59. The maximum Gasteiger partial charge on any atom is 0.402 e. The van der Waals surface area contributed by atoms with Crippen LogP contribution in [0.4, 0.5) is 4.79 Å². The number of hydrogen-bond donors (Lipinski definition) is 3. The maximum atomic E-state index is 14.1. The fraction of sp³-hybridized carbons (Fsp3) is 0.640. The molecule has 32 heavy (non-hydrogen) atoms. The summed E-state index contributed by atoms with van der Waals surface area (Å²) in [5, 5.41) is 28.2. The smallest absolute Gasteiger partial charge is 0.402 e. The second-order valence-corrected chi connectivity index (χ2v) is 10.9. The number of rotatable bonds is 3. The van der Waals surface area contributed by atoms with E-state index < -0.39 is 11.7 Å². The topological polar surface area (TPSA) is 128 Å². The van der Waals surface area contributed by atoms with Crippen molar-refractivity contribution < 1.29 is 19.8 Å². The molecule has 7 rings (SSSR count). The first-order valence-electron chi connectivity index (χ1n) is 11.7. The number of carboxylic acid groups (broad SMARTS) is 1. The van der Waals surface area contributed by atoms with Gasteiger partial charge in [0.05, 0.1) is 17.6 Å². The van der Waals surface area contributed by atoms with Crippen LogP contribution >= 0.6 is 0 Å². The van der Waals surface area contributed by atoms with Gasteiger partial charge >= 0.3 is 6.09 Å². The molecule has 6 atom stereocenters. The number of primary amides is 1. The van der Waals surface area contributed by atoms with Crippen molar-refractivity contribution >= 4 is 12.0 Å². The number of nitrogens with zero attached hydrogens (tertiary/aromatic N) is 2. The molecule has 1 aromatic carbocycles. The van der Waals surface area contributed by atoms with Gasteiger partial charge in [0.1, 0.15) is 6.04 Å². The highest BCUT2D eigenvalue weighted by Crippen LogP contribution is 2.66. The summed E-state index contributed by atoms with van der Waals surface area (Å²) in [7, 11) is 0. The van der Waals surface area contributed by atoms with Crippen LogP contribution in [0.2, 0.25) is 0 Å². The lowest BCUT2D eigenvalue weighted by atomic mass is 9.44. The number of carbonyl (C=O) groups excluding carboxylic acids is 1. The summed E-state index contributed by atoms with van der Waals surface area (Å²) < 4.78 is 0. The predicted molar refractivity (Wildman–Crippen MR) is 116 cm³/mol. The van der Waals surface area contributed by atoms with E-state index in [0.29, 0.717) is 17.8 Å². The highest BCUT2D eigenvalue weighted by molar-refractivity contribution is 5.86. The van der Waals surface area contributed by atoms with Gasteiger partial charge < -0.3 is 20.8 Å². The van der Waals surface area contributed by atoms with Crippen molar-refractivity contribution in [2.45, 2.75) is 75.0 Å². The van der Waals surface area contributed by atoms with Crippen molar-refractivity contribution in [3.8, 4) is 6.07 Å². The Hall–Kier alpha value is -2.59. The molecule has 5 aliphatic carbocycles. The molecule has 1 saturated heterocycles. The Bertz CT molecular complexity index is 940. The third-order valence-electron chi connectivity index (χ3n) is 8.58. The zero-order valence-corrected chi connectivity index (χ0v) is 18.2. The van der Waals surface area contributed by atoms with Gasteiger partial charge in [0, 0.05) is 6.04 Å². The van der Waals surface area contributed by atoms with E-state index in [9.17, 15) is 15.2 Å². The Morgan fingerprint density at radius 2 is 1.72 bits per heavy atom. The summed E-state index contributed by atoms with van der Waals surface area (Å²) >= 11 is 0. The molecular formula is C25H31N3O4. The number of piperidine rings is 1. The molecular weight excluding hydrogens is 406 g/mol. The fourth-order valence-electron chi connectivity index (χ4n) is 8.06. The molecule has 0 radical (unpaired) electrons. The summed E-state index contributed by atoms with van der Waals surface area (Å²) in [6.07, 6.45) is 6.47.